The summed E-state index contributed by atoms with van der Waals surface area (Å²) >= 11 is 1.84. The third kappa shape index (κ3) is 0.904. The maximum absolute atomic E-state index is 5.68. The Morgan fingerprint density at radius 2 is 2.40 bits per heavy atom. The van der Waals surface area contributed by atoms with E-state index in [0.717, 1.165) is 24.4 Å². The zero-order chi connectivity index (χ0) is 6.97. The van der Waals surface area contributed by atoms with Crippen LogP contribution in [0.1, 0.15) is 12.8 Å². The second kappa shape index (κ2) is 2.23. The van der Waals surface area contributed by atoms with Gasteiger partial charge in [-0.05, 0) is 18.9 Å². The average molecular weight is 154 g/mol. The highest BCUT2D eigenvalue weighted by atomic mass is 32.2. The molecule has 2 rings (SSSR count). The van der Waals surface area contributed by atoms with E-state index in [2.05, 4.69) is 11.4 Å². The number of thioether (sulfide) groups is 1. The molecule has 0 saturated heterocycles. The van der Waals surface area contributed by atoms with Crippen LogP contribution >= 0.6 is 11.8 Å². The topological polar surface area (TPSA) is 38.0 Å². The largest absolute Gasteiger partial charge is 0.402 e. The summed E-state index contributed by atoms with van der Waals surface area (Å²) < 4.78 is 0. The Morgan fingerprint density at radius 1 is 1.50 bits per heavy atom. The van der Waals surface area contributed by atoms with Gasteiger partial charge in [0.1, 0.15) is 0 Å². The van der Waals surface area contributed by atoms with Crippen LogP contribution in [-0.4, -0.2) is 5.88 Å². The molecule has 0 unspecified atom stereocenters. The number of hydrogen-bond donors (Lipinski definition) is 2. The molecule has 2 aliphatic rings. The molecule has 0 spiro atoms. The van der Waals surface area contributed by atoms with E-state index in [4.69, 9.17) is 5.73 Å². The van der Waals surface area contributed by atoms with Crippen LogP contribution in [0.4, 0.5) is 0 Å². The Labute approximate surface area is 64.6 Å². The molecule has 0 atom stereocenters. The molecule has 0 radical (unpaired) electrons. The third-order valence-electron chi connectivity index (χ3n) is 1.79. The molecule has 0 aromatic rings. The van der Waals surface area contributed by atoms with E-state index in [0.29, 0.717) is 0 Å². The van der Waals surface area contributed by atoms with E-state index in [1.54, 1.807) is 0 Å². The minimum atomic E-state index is 1.02. The van der Waals surface area contributed by atoms with Crippen molar-refractivity contribution in [1.29, 1.82) is 0 Å². The second-order valence-electron chi connectivity index (χ2n) is 2.53. The van der Waals surface area contributed by atoms with Crippen molar-refractivity contribution in [1.82, 2.24) is 5.32 Å². The van der Waals surface area contributed by atoms with Gasteiger partial charge in [-0.25, -0.2) is 0 Å². The molecule has 54 valence electrons. The van der Waals surface area contributed by atoms with Crippen LogP contribution in [0.2, 0.25) is 0 Å². The van der Waals surface area contributed by atoms with E-state index < -0.39 is 0 Å². The molecule has 1 aliphatic carbocycles. The molecule has 0 aromatic carbocycles. The molecule has 0 saturated carbocycles. The van der Waals surface area contributed by atoms with Crippen molar-refractivity contribution < 1.29 is 0 Å². The van der Waals surface area contributed by atoms with Gasteiger partial charge in [-0.15, -0.1) is 11.8 Å². The van der Waals surface area contributed by atoms with Gasteiger partial charge in [-0.2, -0.15) is 0 Å². The Morgan fingerprint density at radius 3 is 3.30 bits per heavy atom. The highest BCUT2D eigenvalue weighted by molar-refractivity contribution is 8.03. The summed E-state index contributed by atoms with van der Waals surface area (Å²) in [5.41, 5.74) is 8.09. The smallest absolute Gasteiger partial charge is 0.0655 e. The molecule has 3 heteroatoms. The van der Waals surface area contributed by atoms with Gasteiger partial charge in [0.25, 0.3) is 0 Å². The lowest BCUT2D eigenvalue weighted by Gasteiger charge is -2.10. The normalized spacial score (nSPS) is 23.8. The van der Waals surface area contributed by atoms with Gasteiger partial charge >= 0.3 is 0 Å². The lowest BCUT2D eigenvalue weighted by Crippen LogP contribution is -2.10. The van der Waals surface area contributed by atoms with Gasteiger partial charge in [-0.3, -0.25) is 0 Å². The maximum Gasteiger partial charge on any atom is 0.0655 e. The first-order valence-electron chi connectivity index (χ1n) is 3.42. The van der Waals surface area contributed by atoms with Crippen molar-refractivity contribution in [3.05, 3.63) is 22.4 Å². The van der Waals surface area contributed by atoms with Crippen LogP contribution in [0.5, 0.6) is 0 Å². The molecule has 0 amide bonds. The van der Waals surface area contributed by atoms with Gasteiger partial charge in [0.2, 0.25) is 0 Å². The van der Waals surface area contributed by atoms with Crippen molar-refractivity contribution >= 4 is 11.8 Å². The molecular weight excluding hydrogens is 144 g/mol. The van der Waals surface area contributed by atoms with Crippen molar-refractivity contribution in [3.8, 4) is 0 Å². The summed E-state index contributed by atoms with van der Waals surface area (Å²) in [4.78, 5) is 1.35. The van der Waals surface area contributed by atoms with E-state index in [1.165, 1.54) is 10.6 Å². The summed E-state index contributed by atoms with van der Waals surface area (Å²) in [6, 6.07) is 0. The molecule has 1 aliphatic heterocycles. The van der Waals surface area contributed by atoms with E-state index >= 15 is 0 Å². The summed E-state index contributed by atoms with van der Waals surface area (Å²) in [5, 5.41) is 3.32. The Hall–Kier alpha value is -0.570. The summed E-state index contributed by atoms with van der Waals surface area (Å²) in [6.07, 6.45) is 4.21. The predicted octanol–water partition coefficient (Wildman–Crippen LogP) is 1.13. The minimum absolute atomic E-state index is 1.02. The Balaban J connectivity index is 2.29. The minimum Gasteiger partial charge on any atom is -0.402 e. The first-order chi connectivity index (χ1) is 4.86. The molecule has 10 heavy (non-hydrogen) atoms. The summed E-state index contributed by atoms with van der Waals surface area (Å²) in [5.74, 6) is 1.02. The Bertz CT molecular complexity index is 218. The van der Waals surface area contributed by atoms with Crippen molar-refractivity contribution in [2.45, 2.75) is 12.8 Å². The predicted molar refractivity (Wildman–Crippen MR) is 44.1 cm³/mol. The zero-order valence-corrected chi connectivity index (χ0v) is 6.50. The highest BCUT2D eigenvalue weighted by Crippen LogP contribution is 2.32. The van der Waals surface area contributed by atoms with E-state index in [-0.39, 0.29) is 0 Å². The second-order valence-corrected chi connectivity index (χ2v) is 3.54. The average Bonchev–Trinajstić information content (AvgIpc) is 2.33. The van der Waals surface area contributed by atoms with Crippen LogP contribution in [0.15, 0.2) is 22.4 Å². The van der Waals surface area contributed by atoms with Crippen molar-refractivity contribution in [3.63, 3.8) is 0 Å². The summed E-state index contributed by atoms with van der Waals surface area (Å²) in [7, 11) is 0. The number of nitrogens with two attached hydrogens (primary N) is 1. The van der Waals surface area contributed by atoms with Gasteiger partial charge in [0.15, 0.2) is 0 Å². The van der Waals surface area contributed by atoms with Crippen molar-refractivity contribution in [2.75, 3.05) is 5.88 Å². The van der Waals surface area contributed by atoms with Gasteiger partial charge in [0, 0.05) is 16.3 Å². The van der Waals surface area contributed by atoms with Crippen LogP contribution in [0.3, 0.4) is 0 Å². The zero-order valence-electron chi connectivity index (χ0n) is 5.68. The highest BCUT2D eigenvalue weighted by Gasteiger charge is 2.16. The quantitative estimate of drug-likeness (QED) is 0.549. The fraction of sp³-hybridized carbons (Fsp3) is 0.429. The van der Waals surface area contributed by atoms with Crippen LogP contribution < -0.4 is 11.1 Å². The molecule has 0 aromatic heterocycles. The molecule has 0 bridgehead atoms. The monoisotopic (exact) mass is 154 g/mol. The fourth-order valence-electron chi connectivity index (χ4n) is 1.23. The summed E-state index contributed by atoms with van der Waals surface area (Å²) in [6.45, 7) is 0. The first kappa shape index (κ1) is 6.16. The molecule has 2 nitrogen and oxygen atoms in total. The van der Waals surface area contributed by atoms with Crippen LogP contribution in [-0.2, 0) is 0 Å². The fourth-order valence-corrected chi connectivity index (χ4v) is 2.21. The number of allylic oxidation sites excluding steroid dienone is 3. The molecule has 3 N–H and O–H groups in total. The molecule has 0 fully saturated rings. The van der Waals surface area contributed by atoms with Gasteiger partial charge in [0.05, 0.1) is 5.88 Å². The van der Waals surface area contributed by atoms with Crippen LogP contribution in [0.25, 0.3) is 0 Å². The number of hydrogen-bond acceptors (Lipinski definition) is 3. The number of rotatable bonds is 0. The SMILES string of the molecule is NC1=CC2=C(CC1)NCS2. The first-order valence-corrected chi connectivity index (χ1v) is 4.41. The maximum atomic E-state index is 5.68. The lowest BCUT2D eigenvalue weighted by molar-refractivity contribution is 0.806. The standard InChI is InChI=1S/C7H10N2S/c8-5-1-2-6-7(3-5)10-4-9-6/h3,9H,1-2,4,8H2. The van der Waals surface area contributed by atoms with E-state index in [9.17, 15) is 0 Å². The van der Waals surface area contributed by atoms with Crippen LogP contribution in [0, 0.1) is 0 Å². The third-order valence-corrected chi connectivity index (χ3v) is 2.75. The van der Waals surface area contributed by atoms with Gasteiger partial charge in [-0.1, -0.05) is 0 Å². The lowest BCUT2D eigenvalue weighted by atomic mass is 10.1. The van der Waals surface area contributed by atoms with E-state index in [1.807, 2.05) is 11.8 Å². The number of nitrogens with one attached hydrogen (secondary N) is 1. The molecular formula is C7H10N2S. The molecule has 1 heterocycles. The Kier molecular flexibility index (Phi) is 1.38. The van der Waals surface area contributed by atoms with Crippen molar-refractivity contribution in [2.24, 2.45) is 5.73 Å². The van der Waals surface area contributed by atoms with Gasteiger partial charge < -0.3 is 11.1 Å².